The third kappa shape index (κ3) is 4.39. The lowest BCUT2D eigenvalue weighted by atomic mass is 10.1. The predicted molar refractivity (Wildman–Crippen MR) is 126 cm³/mol. The van der Waals surface area contributed by atoms with Gasteiger partial charge in [-0.1, -0.05) is 55.0 Å². The summed E-state index contributed by atoms with van der Waals surface area (Å²) in [6, 6.07) is 20.5. The average Bonchev–Trinajstić information content (AvgIpc) is 3.23. The number of imidazole rings is 1. The molecule has 2 N–H and O–H groups in total. The molecule has 4 aromatic rings. The molecule has 6 heteroatoms. The van der Waals surface area contributed by atoms with Crippen molar-refractivity contribution in [1.82, 2.24) is 9.97 Å². The van der Waals surface area contributed by atoms with Gasteiger partial charge in [0.05, 0.1) is 16.6 Å². The Kier molecular flexibility index (Phi) is 6.03. The molecular formula is C26H25N3O3. The molecule has 0 saturated heterocycles. The molecule has 1 atom stereocenters. The highest BCUT2D eigenvalue weighted by Crippen LogP contribution is 2.25. The Hall–Kier alpha value is -3.93. The number of carbonyl (C=O) groups is 2. The van der Waals surface area contributed by atoms with Crippen LogP contribution < -0.4 is 5.32 Å². The van der Waals surface area contributed by atoms with Crippen molar-refractivity contribution < 1.29 is 14.3 Å². The molecule has 0 bridgehead atoms. The van der Waals surface area contributed by atoms with Crippen molar-refractivity contribution in [3.63, 3.8) is 0 Å². The first-order valence-electron chi connectivity index (χ1n) is 10.6. The van der Waals surface area contributed by atoms with E-state index in [4.69, 9.17) is 4.74 Å². The van der Waals surface area contributed by atoms with E-state index in [-0.39, 0.29) is 5.91 Å². The summed E-state index contributed by atoms with van der Waals surface area (Å²) in [4.78, 5) is 33.7. The molecule has 0 aliphatic rings. The molecule has 1 heterocycles. The highest BCUT2D eigenvalue weighted by Gasteiger charge is 2.24. The zero-order valence-corrected chi connectivity index (χ0v) is 18.3. The number of hydrogen-bond acceptors (Lipinski definition) is 4. The largest absolute Gasteiger partial charge is 0.449 e. The lowest BCUT2D eigenvalue weighted by Gasteiger charge is -2.18. The van der Waals surface area contributed by atoms with Gasteiger partial charge in [0.1, 0.15) is 5.82 Å². The standard InChI is InChI=1S/C26H25N3O3/c1-4-23(25(30)29-20-14-13-16(2)15-17(20)3)32-26(31)19-10-6-5-9-18(19)24-27-21-11-7-8-12-22(21)28-24/h5-15,23H,4H2,1-3H3,(H,27,28)(H,29,30). The minimum Gasteiger partial charge on any atom is -0.449 e. The summed E-state index contributed by atoms with van der Waals surface area (Å²) in [5.41, 5.74) is 5.44. The number of benzene rings is 3. The summed E-state index contributed by atoms with van der Waals surface area (Å²) in [5.74, 6) is -0.343. The van der Waals surface area contributed by atoms with Crippen molar-refractivity contribution in [2.24, 2.45) is 0 Å². The zero-order chi connectivity index (χ0) is 22.7. The molecule has 0 aliphatic heterocycles. The first kappa shape index (κ1) is 21.3. The van der Waals surface area contributed by atoms with Crippen molar-refractivity contribution in [1.29, 1.82) is 0 Å². The molecule has 6 nitrogen and oxygen atoms in total. The Morgan fingerprint density at radius 1 is 1.03 bits per heavy atom. The summed E-state index contributed by atoms with van der Waals surface area (Å²) in [6.07, 6.45) is -0.554. The maximum atomic E-state index is 13.0. The summed E-state index contributed by atoms with van der Waals surface area (Å²) in [7, 11) is 0. The van der Waals surface area contributed by atoms with E-state index >= 15 is 0 Å². The maximum absolute atomic E-state index is 13.0. The highest BCUT2D eigenvalue weighted by molar-refractivity contribution is 6.00. The number of anilines is 1. The second-order valence-electron chi connectivity index (χ2n) is 7.76. The average molecular weight is 428 g/mol. The van der Waals surface area contributed by atoms with Crippen molar-refractivity contribution in [3.05, 3.63) is 83.4 Å². The van der Waals surface area contributed by atoms with Crippen molar-refractivity contribution in [2.75, 3.05) is 5.32 Å². The SMILES string of the molecule is CCC(OC(=O)c1ccccc1-c1nc2ccccc2[nH]1)C(=O)Nc1ccc(C)cc1C. The predicted octanol–water partition coefficient (Wildman–Crippen LogP) is 5.42. The highest BCUT2D eigenvalue weighted by atomic mass is 16.5. The Bertz CT molecular complexity index is 1260. The third-order valence-corrected chi connectivity index (χ3v) is 5.34. The Labute approximate surface area is 186 Å². The second kappa shape index (κ2) is 9.06. The number of amides is 1. The number of hydrogen-bond donors (Lipinski definition) is 2. The lowest BCUT2D eigenvalue weighted by molar-refractivity contribution is -0.124. The van der Waals surface area contributed by atoms with E-state index in [9.17, 15) is 9.59 Å². The van der Waals surface area contributed by atoms with Gasteiger partial charge in [-0.15, -0.1) is 0 Å². The molecule has 0 fully saturated rings. The molecule has 1 amide bonds. The van der Waals surface area contributed by atoms with Gasteiger partial charge >= 0.3 is 5.97 Å². The number of aromatic nitrogens is 2. The quantitative estimate of drug-likeness (QED) is 0.402. The fourth-order valence-corrected chi connectivity index (χ4v) is 3.63. The summed E-state index contributed by atoms with van der Waals surface area (Å²) in [6.45, 7) is 5.73. The van der Waals surface area contributed by atoms with Crippen LogP contribution in [0.4, 0.5) is 5.69 Å². The number of nitrogens with one attached hydrogen (secondary N) is 2. The van der Waals surface area contributed by atoms with Crippen LogP contribution in [0.5, 0.6) is 0 Å². The van der Waals surface area contributed by atoms with Gasteiger partial charge in [-0.2, -0.15) is 0 Å². The van der Waals surface area contributed by atoms with E-state index in [1.165, 1.54) is 0 Å². The van der Waals surface area contributed by atoms with Crippen molar-refractivity contribution >= 4 is 28.6 Å². The molecule has 0 radical (unpaired) electrons. The second-order valence-corrected chi connectivity index (χ2v) is 7.76. The number of fused-ring (bicyclic) bond motifs is 1. The van der Waals surface area contributed by atoms with Crippen LogP contribution in [0.25, 0.3) is 22.4 Å². The van der Waals surface area contributed by atoms with E-state index in [2.05, 4.69) is 15.3 Å². The summed E-state index contributed by atoms with van der Waals surface area (Å²) < 4.78 is 5.63. The topological polar surface area (TPSA) is 84.1 Å². The van der Waals surface area contributed by atoms with Crippen LogP contribution in [0.3, 0.4) is 0 Å². The van der Waals surface area contributed by atoms with Crippen LogP contribution in [0, 0.1) is 13.8 Å². The Morgan fingerprint density at radius 2 is 1.78 bits per heavy atom. The van der Waals surface area contributed by atoms with E-state index in [0.29, 0.717) is 29.1 Å². The van der Waals surface area contributed by atoms with E-state index in [0.717, 1.165) is 22.2 Å². The molecule has 1 aromatic heterocycles. The first-order chi connectivity index (χ1) is 15.5. The number of H-pyrrole nitrogens is 1. The maximum Gasteiger partial charge on any atom is 0.339 e. The van der Waals surface area contributed by atoms with Crippen LogP contribution in [-0.2, 0) is 9.53 Å². The molecular weight excluding hydrogens is 402 g/mol. The first-order valence-corrected chi connectivity index (χ1v) is 10.6. The minimum atomic E-state index is -0.910. The monoisotopic (exact) mass is 427 g/mol. The third-order valence-electron chi connectivity index (χ3n) is 5.34. The fraction of sp³-hybridized carbons (Fsp3) is 0.192. The number of aryl methyl sites for hydroxylation is 2. The molecule has 1 unspecified atom stereocenters. The van der Waals surface area contributed by atoms with E-state index < -0.39 is 12.1 Å². The van der Waals surface area contributed by atoms with Gasteiger partial charge in [0.15, 0.2) is 6.10 Å². The summed E-state index contributed by atoms with van der Waals surface area (Å²) in [5, 5.41) is 2.87. The number of para-hydroxylation sites is 2. The smallest absolute Gasteiger partial charge is 0.339 e. The number of aromatic amines is 1. The van der Waals surface area contributed by atoms with Crippen molar-refractivity contribution in [3.8, 4) is 11.4 Å². The van der Waals surface area contributed by atoms with Gasteiger partial charge in [-0.3, -0.25) is 4.79 Å². The fourth-order valence-electron chi connectivity index (χ4n) is 3.63. The Balaban J connectivity index is 1.55. The van der Waals surface area contributed by atoms with Gasteiger partial charge in [0.25, 0.3) is 5.91 Å². The van der Waals surface area contributed by atoms with Crippen LogP contribution in [-0.4, -0.2) is 27.9 Å². The minimum absolute atomic E-state index is 0.351. The van der Waals surface area contributed by atoms with Gasteiger partial charge in [-0.25, -0.2) is 9.78 Å². The lowest BCUT2D eigenvalue weighted by Crippen LogP contribution is -2.32. The molecule has 4 rings (SSSR count). The van der Waals surface area contributed by atoms with Crippen LogP contribution in [0.1, 0.15) is 34.8 Å². The number of rotatable bonds is 6. The van der Waals surface area contributed by atoms with Crippen molar-refractivity contribution in [2.45, 2.75) is 33.3 Å². The van der Waals surface area contributed by atoms with Crippen LogP contribution >= 0.6 is 0 Å². The number of nitrogens with zero attached hydrogens (tertiary/aromatic N) is 1. The van der Waals surface area contributed by atoms with Crippen LogP contribution in [0.2, 0.25) is 0 Å². The molecule has 3 aromatic carbocycles. The van der Waals surface area contributed by atoms with Crippen LogP contribution in [0.15, 0.2) is 66.7 Å². The molecule has 0 spiro atoms. The number of esters is 1. The van der Waals surface area contributed by atoms with Gasteiger partial charge < -0.3 is 15.0 Å². The Morgan fingerprint density at radius 3 is 2.53 bits per heavy atom. The number of carbonyl (C=O) groups excluding carboxylic acids is 2. The van der Waals surface area contributed by atoms with E-state index in [1.807, 2.05) is 75.4 Å². The van der Waals surface area contributed by atoms with E-state index in [1.54, 1.807) is 12.1 Å². The molecule has 0 saturated carbocycles. The van der Waals surface area contributed by atoms with Gasteiger partial charge in [0, 0.05) is 11.3 Å². The zero-order valence-electron chi connectivity index (χ0n) is 18.3. The van der Waals surface area contributed by atoms with Gasteiger partial charge in [0.2, 0.25) is 0 Å². The van der Waals surface area contributed by atoms with Gasteiger partial charge in [-0.05, 0) is 50.1 Å². The summed E-state index contributed by atoms with van der Waals surface area (Å²) >= 11 is 0. The molecule has 0 aliphatic carbocycles. The molecule has 162 valence electrons. The number of ether oxygens (including phenoxy) is 1. The normalized spacial score (nSPS) is 11.8. The molecule has 32 heavy (non-hydrogen) atoms.